The van der Waals surface area contributed by atoms with Crippen LogP contribution in [0, 0.1) is 13.8 Å². The molecule has 0 saturated carbocycles. The van der Waals surface area contributed by atoms with Gasteiger partial charge in [-0.1, -0.05) is 37.6 Å². The van der Waals surface area contributed by atoms with Crippen molar-refractivity contribution in [3.8, 4) is 11.5 Å². The third-order valence-electron chi connectivity index (χ3n) is 4.53. The van der Waals surface area contributed by atoms with Crippen LogP contribution in [0.4, 0.5) is 0 Å². The average Bonchev–Trinajstić information content (AvgIpc) is 2.70. The van der Waals surface area contributed by atoms with Gasteiger partial charge in [-0.2, -0.15) is 0 Å². The first-order valence-electron chi connectivity index (χ1n) is 9.50. The van der Waals surface area contributed by atoms with Crippen molar-refractivity contribution in [1.82, 2.24) is 10.9 Å². The number of carbonyl (C=O) groups excluding carboxylic acids is 2. The number of aryl methyl sites for hydroxylation is 2. The molecule has 1 unspecified atom stereocenters. The Morgan fingerprint density at radius 3 is 2.10 bits per heavy atom. The molecule has 2 N–H and O–H groups in total. The van der Waals surface area contributed by atoms with Crippen LogP contribution in [0.1, 0.15) is 42.9 Å². The van der Waals surface area contributed by atoms with Gasteiger partial charge >= 0.3 is 0 Å². The number of ether oxygens (including phenoxy) is 2. The molecular weight excluding hydrogens is 436 g/mol. The summed E-state index contributed by atoms with van der Waals surface area (Å²) >= 11 is 3.47. The lowest BCUT2D eigenvalue weighted by atomic mass is 9.99. The Bertz CT molecular complexity index is 870. The molecule has 2 aromatic carbocycles. The molecule has 0 aromatic heterocycles. The first-order valence-corrected chi connectivity index (χ1v) is 10.3. The van der Waals surface area contributed by atoms with Crippen LogP contribution in [0.25, 0.3) is 0 Å². The maximum absolute atomic E-state index is 11.9. The maximum Gasteiger partial charge on any atom is 0.276 e. The lowest BCUT2D eigenvalue weighted by molar-refractivity contribution is -0.131. The highest BCUT2D eigenvalue weighted by Crippen LogP contribution is 2.30. The van der Waals surface area contributed by atoms with Crippen molar-refractivity contribution in [2.24, 2.45) is 0 Å². The van der Waals surface area contributed by atoms with Gasteiger partial charge < -0.3 is 9.47 Å². The standard InChI is InChI=1S/C22H27BrN2O4/c1-5-15(3)17-7-9-20(18(23)11-17)29-13-22(27)25-24-21(26)12-28-19-8-6-14(2)10-16(19)4/h6-11,15H,5,12-13H2,1-4H3,(H,24,26)(H,25,27). The minimum absolute atomic E-state index is 0.201. The normalized spacial score (nSPS) is 11.5. The van der Waals surface area contributed by atoms with Crippen molar-refractivity contribution in [3.63, 3.8) is 0 Å². The van der Waals surface area contributed by atoms with Crippen molar-refractivity contribution in [2.75, 3.05) is 13.2 Å². The Labute approximate surface area is 180 Å². The van der Waals surface area contributed by atoms with Gasteiger partial charge in [0.1, 0.15) is 11.5 Å². The Kier molecular flexibility index (Phi) is 8.51. The summed E-state index contributed by atoms with van der Waals surface area (Å²) in [5, 5.41) is 0. The second kappa shape index (κ2) is 10.9. The number of benzene rings is 2. The summed E-state index contributed by atoms with van der Waals surface area (Å²) in [7, 11) is 0. The number of hydrazine groups is 1. The number of amides is 2. The third kappa shape index (κ3) is 7.09. The fourth-order valence-electron chi connectivity index (χ4n) is 2.64. The van der Waals surface area contributed by atoms with Crippen LogP contribution in [-0.2, 0) is 9.59 Å². The zero-order valence-corrected chi connectivity index (χ0v) is 18.8. The molecule has 1 atom stereocenters. The van der Waals surface area contributed by atoms with Crippen LogP contribution < -0.4 is 20.3 Å². The SMILES string of the molecule is CCC(C)c1ccc(OCC(=O)NNC(=O)COc2ccc(C)cc2C)c(Br)c1. The van der Waals surface area contributed by atoms with Gasteiger partial charge in [0.15, 0.2) is 13.2 Å². The van der Waals surface area contributed by atoms with Gasteiger partial charge in [0.2, 0.25) is 0 Å². The van der Waals surface area contributed by atoms with Gasteiger partial charge in [-0.3, -0.25) is 20.4 Å². The quantitative estimate of drug-likeness (QED) is 0.576. The lowest BCUT2D eigenvalue weighted by Gasteiger charge is -2.13. The number of nitrogens with one attached hydrogen (secondary N) is 2. The van der Waals surface area contributed by atoms with E-state index in [-0.39, 0.29) is 13.2 Å². The van der Waals surface area contributed by atoms with Crippen LogP contribution in [0.15, 0.2) is 40.9 Å². The fourth-order valence-corrected chi connectivity index (χ4v) is 3.15. The molecule has 156 valence electrons. The van der Waals surface area contributed by atoms with E-state index in [4.69, 9.17) is 9.47 Å². The summed E-state index contributed by atoms with van der Waals surface area (Å²) in [6.45, 7) is 7.76. The van der Waals surface area contributed by atoms with Crippen molar-refractivity contribution >= 4 is 27.7 Å². The molecule has 0 heterocycles. The third-order valence-corrected chi connectivity index (χ3v) is 5.15. The summed E-state index contributed by atoms with van der Waals surface area (Å²) in [4.78, 5) is 23.8. The molecule has 29 heavy (non-hydrogen) atoms. The number of halogens is 1. The number of rotatable bonds is 8. The molecular formula is C22H27BrN2O4. The van der Waals surface area contributed by atoms with Crippen LogP contribution >= 0.6 is 15.9 Å². The van der Waals surface area contributed by atoms with E-state index in [0.717, 1.165) is 22.0 Å². The molecule has 6 nitrogen and oxygen atoms in total. The smallest absolute Gasteiger partial charge is 0.276 e. The second-order valence-electron chi connectivity index (χ2n) is 6.94. The molecule has 0 bridgehead atoms. The zero-order chi connectivity index (χ0) is 21.4. The van der Waals surface area contributed by atoms with Gasteiger partial charge in [0, 0.05) is 0 Å². The van der Waals surface area contributed by atoms with Crippen LogP contribution in [0.5, 0.6) is 11.5 Å². The molecule has 0 aliphatic carbocycles. The fraction of sp³-hybridized carbons (Fsp3) is 0.364. The Hall–Kier alpha value is -2.54. The van der Waals surface area contributed by atoms with Crippen LogP contribution in [0.2, 0.25) is 0 Å². The predicted octanol–water partition coefficient (Wildman–Crippen LogP) is 4.18. The van der Waals surface area contributed by atoms with E-state index < -0.39 is 11.8 Å². The van der Waals surface area contributed by atoms with E-state index in [1.807, 2.05) is 50.2 Å². The summed E-state index contributed by atoms with van der Waals surface area (Å²) in [5.74, 6) is 0.716. The maximum atomic E-state index is 11.9. The molecule has 0 saturated heterocycles. The molecule has 2 amide bonds. The van der Waals surface area contributed by atoms with Crippen molar-refractivity contribution in [2.45, 2.75) is 40.0 Å². The topological polar surface area (TPSA) is 76.7 Å². The van der Waals surface area contributed by atoms with Gasteiger partial charge in [0.25, 0.3) is 11.8 Å². The van der Waals surface area contributed by atoms with E-state index in [1.54, 1.807) is 0 Å². The zero-order valence-electron chi connectivity index (χ0n) is 17.2. The number of hydrogen-bond donors (Lipinski definition) is 2. The summed E-state index contributed by atoms with van der Waals surface area (Å²) in [5.41, 5.74) is 7.89. The first-order chi connectivity index (χ1) is 13.8. The van der Waals surface area contributed by atoms with E-state index in [2.05, 4.69) is 40.6 Å². The lowest BCUT2D eigenvalue weighted by Crippen LogP contribution is -2.45. The van der Waals surface area contributed by atoms with Gasteiger partial charge in [-0.05, 0) is 71.4 Å². The molecule has 7 heteroatoms. The van der Waals surface area contributed by atoms with Crippen molar-refractivity contribution in [1.29, 1.82) is 0 Å². The van der Waals surface area contributed by atoms with Crippen LogP contribution in [-0.4, -0.2) is 25.0 Å². The highest BCUT2D eigenvalue weighted by molar-refractivity contribution is 9.10. The second-order valence-corrected chi connectivity index (χ2v) is 7.80. The number of carbonyl (C=O) groups is 2. The summed E-state index contributed by atoms with van der Waals surface area (Å²) < 4.78 is 11.8. The minimum atomic E-state index is -0.470. The van der Waals surface area contributed by atoms with Gasteiger partial charge in [0.05, 0.1) is 4.47 Å². The Morgan fingerprint density at radius 2 is 1.55 bits per heavy atom. The molecule has 2 rings (SSSR count). The van der Waals surface area contributed by atoms with E-state index in [1.165, 1.54) is 5.56 Å². The van der Waals surface area contributed by atoms with Crippen LogP contribution in [0.3, 0.4) is 0 Å². The van der Waals surface area contributed by atoms with E-state index in [0.29, 0.717) is 17.4 Å². The molecule has 0 fully saturated rings. The predicted molar refractivity (Wildman–Crippen MR) is 116 cm³/mol. The van der Waals surface area contributed by atoms with Gasteiger partial charge in [-0.15, -0.1) is 0 Å². The molecule has 0 radical (unpaired) electrons. The molecule has 0 aliphatic heterocycles. The van der Waals surface area contributed by atoms with E-state index >= 15 is 0 Å². The van der Waals surface area contributed by atoms with Crippen molar-refractivity contribution < 1.29 is 19.1 Å². The molecule has 0 spiro atoms. The summed E-state index contributed by atoms with van der Waals surface area (Å²) in [6, 6.07) is 11.5. The molecule has 0 aliphatic rings. The largest absolute Gasteiger partial charge is 0.483 e. The highest BCUT2D eigenvalue weighted by atomic mass is 79.9. The van der Waals surface area contributed by atoms with Gasteiger partial charge in [-0.25, -0.2) is 0 Å². The van der Waals surface area contributed by atoms with E-state index in [9.17, 15) is 9.59 Å². The monoisotopic (exact) mass is 462 g/mol. The number of hydrogen-bond acceptors (Lipinski definition) is 4. The Balaban J connectivity index is 1.74. The Morgan fingerprint density at radius 1 is 0.966 bits per heavy atom. The highest BCUT2D eigenvalue weighted by Gasteiger charge is 2.11. The van der Waals surface area contributed by atoms with Crippen molar-refractivity contribution in [3.05, 3.63) is 57.6 Å². The summed E-state index contributed by atoms with van der Waals surface area (Å²) in [6.07, 6.45) is 1.04. The molecule has 2 aromatic rings. The average molecular weight is 463 g/mol. The minimum Gasteiger partial charge on any atom is -0.483 e. The first kappa shape index (κ1) is 22.7.